The SMILES string of the molecule is CC[C@H](C)[C@H](NC(=O)[C@H](Cc1ccccc1)NC(=O)[C@H](Cc1c[nH]c2ccccc12)NC(=O)[C@@H](CCCN)NC(=O)CNC(=O)[C@H](CCCN)NC(=O)[C@@H](CCCN)NC(=O)[C@@H](Cc1c[nH]c2ccccc12)NC(=O)[C@@H](Cc1ccc(O)cc1)NC(=O)[C@@H](CO)NC(=O)CCCCCC(C)C)C(=O)N[C@@H](CC(N)=O)C(=O)NCC(=O)NCC(N)=O. The van der Waals surface area contributed by atoms with Crippen molar-refractivity contribution in [2.75, 3.05) is 45.9 Å². The minimum Gasteiger partial charge on any atom is -0.508 e. The third-order valence-corrected chi connectivity index (χ3v) is 20.1. The van der Waals surface area contributed by atoms with E-state index < -0.39 is 188 Å². The maximum Gasteiger partial charge on any atom is 0.245 e. The Balaban J connectivity index is 1.21. The van der Waals surface area contributed by atoms with Crippen molar-refractivity contribution in [1.29, 1.82) is 0 Å². The quantitative estimate of drug-likeness (QED) is 0.0184. The van der Waals surface area contributed by atoms with Gasteiger partial charge in [0.25, 0.3) is 0 Å². The van der Waals surface area contributed by atoms with Crippen LogP contribution in [-0.4, -0.2) is 215 Å². The zero-order valence-electron chi connectivity index (χ0n) is 68.3. The van der Waals surface area contributed by atoms with E-state index >= 15 is 4.79 Å². The lowest BCUT2D eigenvalue weighted by Gasteiger charge is -2.29. The van der Waals surface area contributed by atoms with Gasteiger partial charge in [0.2, 0.25) is 88.6 Å². The average Bonchev–Trinajstić information content (AvgIpc) is 1.64. The fourth-order valence-electron chi connectivity index (χ4n) is 13.2. The van der Waals surface area contributed by atoms with E-state index in [1.54, 1.807) is 105 Å². The molecule has 652 valence electrons. The zero-order chi connectivity index (χ0) is 87.8. The smallest absolute Gasteiger partial charge is 0.245 e. The van der Waals surface area contributed by atoms with Crippen LogP contribution in [0.15, 0.2) is 116 Å². The molecule has 120 heavy (non-hydrogen) atoms. The number of nitrogens with one attached hydrogen (secondary N) is 15. The van der Waals surface area contributed by atoms with Gasteiger partial charge in [-0.2, -0.15) is 0 Å². The summed E-state index contributed by atoms with van der Waals surface area (Å²) in [5.74, 6) is -13.5. The molecule has 0 fully saturated rings. The number of aliphatic hydroxyl groups is 1. The first-order valence-corrected chi connectivity index (χ1v) is 40.5. The van der Waals surface area contributed by atoms with Crippen LogP contribution in [0.3, 0.4) is 0 Å². The number of H-pyrrole nitrogens is 2. The summed E-state index contributed by atoms with van der Waals surface area (Å²) < 4.78 is 0. The lowest BCUT2D eigenvalue weighted by molar-refractivity contribution is -0.136. The van der Waals surface area contributed by atoms with Crippen molar-refractivity contribution in [2.24, 2.45) is 40.5 Å². The van der Waals surface area contributed by atoms with Crippen LogP contribution in [0, 0.1) is 11.8 Å². The number of hydrogen-bond acceptors (Lipinski definition) is 20. The van der Waals surface area contributed by atoms with E-state index in [9.17, 15) is 77.3 Å². The van der Waals surface area contributed by atoms with Crippen LogP contribution in [0.5, 0.6) is 5.75 Å². The molecule has 6 aromatic rings. The molecule has 0 saturated carbocycles. The molecule has 0 aliphatic heterocycles. The third kappa shape index (κ3) is 32.5. The van der Waals surface area contributed by atoms with Crippen molar-refractivity contribution in [3.63, 3.8) is 0 Å². The zero-order valence-corrected chi connectivity index (χ0v) is 68.3. The van der Waals surface area contributed by atoms with Gasteiger partial charge in [0.1, 0.15) is 66.2 Å². The van der Waals surface area contributed by atoms with Crippen molar-refractivity contribution in [2.45, 2.75) is 197 Å². The van der Waals surface area contributed by atoms with Gasteiger partial charge < -0.3 is 118 Å². The predicted molar refractivity (Wildman–Crippen MR) is 447 cm³/mol. The minimum atomic E-state index is -1.66. The molecule has 6 rings (SSSR count). The number of amides is 15. The van der Waals surface area contributed by atoms with E-state index in [0.29, 0.717) is 56.4 Å². The van der Waals surface area contributed by atoms with Crippen LogP contribution in [0.2, 0.25) is 0 Å². The molecule has 0 bridgehead atoms. The van der Waals surface area contributed by atoms with E-state index in [2.05, 4.69) is 92.9 Å². The number of para-hydroxylation sites is 2. The summed E-state index contributed by atoms with van der Waals surface area (Å²) in [5, 5.41) is 55.5. The number of aromatic hydroxyl groups is 1. The summed E-state index contributed by atoms with van der Waals surface area (Å²) in [7, 11) is 0. The number of benzene rings is 4. The highest BCUT2D eigenvalue weighted by Crippen LogP contribution is 2.23. The second-order valence-corrected chi connectivity index (χ2v) is 30.0. The standard InChI is InChI=1S/C83H118N20O17/c1-5-49(4)73(83(120)102-66(41-68(87)106)75(112)92-45-71(109)91-44-69(88)107)103-81(118)63(37-50-20-9-7-10-21-50)98-80(117)65(40-53-43-90-58-25-15-13-23-56(53)58)100-76(113)60(27-17-35-85)94-72(110)46-93-74(111)59(26-16-34-84)96-77(114)61(28-18-36-86)97-79(116)64(39-52-42-89-57-24-14-12-22-55(52)57)101-78(115)62(38-51-30-32-54(105)33-31-51)99-82(119)67(47-104)95-70(108)29-11-6-8-19-48(2)3/h7,9-10,12-15,20-25,30-33,42-43,48-49,59-67,73,89-90,104-105H,5-6,8,11,16-19,26-29,34-41,44-47,84-86H2,1-4H3,(H2,87,106)(H2,88,107)(H,91,109)(H,92,112)(H,93,111)(H,94,110)(H,95,108)(H,96,114)(H,97,116)(H,98,117)(H,99,119)(H,100,113)(H,101,115)(H,102,120)(H,103,118)/t49-,59-,60+,61+,62+,63-,64+,65-,66-,67+,73-/m0/s1. The van der Waals surface area contributed by atoms with Gasteiger partial charge in [0, 0.05) is 66.3 Å². The molecule has 15 amide bonds. The number of aliphatic hydroxyl groups excluding tert-OH is 1. The maximum absolute atomic E-state index is 15.1. The fourth-order valence-corrected chi connectivity index (χ4v) is 13.2. The van der Waals surface area contributed by atoms with Gasteiger partial charge in [-0.3, -0.25) is 71.9 Å². The number of fused-ring (bicyclic) bond motifs is 2. The minimum absolute atomic E-state index is 0.0321. The van der Waals surface area contributed by atoms with Crippen molar-refractivity contribution in [3.05, 3.63) is 138 Å². The molecule has 11 atom stereocenters. The molecule has 4 aromatic carbocycles. The molecule has 37 heteroatoms. The lowest BCUT2D eigenvalue weighted by atomic mass is 9.96. The maximum atomic E-state index is 15.1. The van der Waals surface area contributed by atoms with E-state index in [1.165, 1.54) is 24.3 Å². The predicted octanol–water partition coefficient (Wildman–Crippen LogP) is -1.96. The first kappa shape index (κ1) is 96.5. The van der Waals surface area contributed by atoms with Crippen molar-refractivity contribution >= 4 is 110 Å². The molecule has 0 saturated heterocycles. The lowest BCUT2D eigenvalue weighted by Crippen LogP contribution is -2.61. The number of nitrogens with two attached hydrogens (primary N) is 5. The Kier molecular flexibility index (Phi) is 40.5. The molecule has 0 spiro atoms. The summed E-state index contributed by atoms with van der Waals surface area (Å²) in [6, 6.07) is 13.7. The van der Waals surface area contributed by atoms with Gasteiger partial charge >= 0.3 is 0 Å². The molecular weight excluding hydrogens is 1550 g/mol. The normalized spacial score (nSPS) is 13.9. The number of unbranched alkanes of at least 4 members (excludes halogenated alkanes) is 2. The van der Waals surface area contributed by atoms with E-state index in [4.69, 9.17) is 28.7 Å². The number of aromatic nitrogens is 2. The van der Waals surface area contributed by atoms with E-state index in [1.807, 2.05) is 0 Å². The van der Waals surface area contributed by atoms with Gasteiger partial charge in [-0.15, -0.1) is 0 Å². The number of carbonyl (C=O) groups is 15. The van der Waals surface area contributed by atoms with Gasteiger partial charge in [0.15, 0.2) is 0 Å². The highest BCUT2D eigenvalue weighted by Gasteiger charge is 2.38. The van der Waals surface area contributed by atoms with Crippen molar-refractivity contribution < 1.29 is 82.1 Å². The summed E-state index contributed by atoms with van der Waals surface area (Å²) in [6.07, 6.45) is 5.47. The van der Waals surface area contributed by atoms with Crippen LogP contribution in [0.1, 0.15) is 133 Å². The molecule has 0 radical (unpaired) electrons. The first-order chi connectivity index (χ1) is 57.4. The monoisotopic (exact) mass is 1670 g/mol. The Bertz CT molecular complexity index is 4420. The second kappa shape index (κ2) is 50.4. The first-order valence-electron chi connectivity index (χ1n) is 40.5. The third-order valence-electron chi connectivity index (χ3n) is 20.1. The van der Waals surface area contributed by atoms with E-state index in [-0.39, 0.29) is 102 Å². The van der Waals surface area contributed by atoms with Crippen LogP contribution < -0.4 is 97.8 Å². The summed E-state index contributed by atoms with van der Waals surface area (Å²) in [4.78, 5) is 215. The number of carbonyl (C=O) groups excluding carboxylic acids is 15. The highest BCUT2D eigenvalue weighted by molar-refractivity contribution is 6.01. The summed E-state index contributed by atoms with van der Waals surface area (Å²) >= 11 is 0. The number of hydrogen-bond donors (Lipinski definition) is 22. The summed E-state index contributed by atoms with van der Waals surface area (Å²) in [5.41, 5.74) is 31.9. The van der Waals surface area contributed by atoms with Crippen LogP contribution in [0.25, 0.3) is 21.8 Å². The Morgan fingerprint density at radius 1 is 0.375 bits per heavy atom. The topological polar surface area (TPSA) is 615 Å². The van der Waals surface area contributed by atoms with Crippen LogP contribution in [-0.2, 0) is 97.6 Å². The number of primary amides is 2. The molecule has 37 nitrogen and oxygen atoms in total. The number of rotatable bonds is 54. The van der Waals surface area contributed by atoms with E-state index in [0.717, 1.165) is 19.3 Å². The average molecular weight is 1670 g/mol. The van der Waals surface area contributed by atoms with Gasteiger partial charge in [0.05, 0.1) is 32.7 Å². The Morgan fingerprint density at radius 3 is 1.26 bits per heavy atom. The van der Waals surface area contributed by atoms with Gasteiger partial charge in [-0.25, -0.2) is 0 Å². The molecule has 2 heterocycles. The van der Waals surface area contributed by atoms with Gasteiger partial charge in [-0.05, 0) is 123 Å². The summed E-state index contributed by atoms with van der Waals surface area (Å²) in [6.45, 7) is 4.82. The van der Waals surface area contributed by atoms with Crippen molar-refractivity contribution in [1.82, 2.24) is 79.1 Å². The number of phenols is 1. The molecular formula is C83H118N20O17. The molecule has 2 aromatic heterocycles. The van der Waals surface area contributed by atoms with Crippen LogP contribution in [0.4, 0.5) is 0 Å². The van der Waals surface area contributed by atoms with Gasteiger partial charge in [-0.1, -0.05) is 132 Å². The van der Waals surface area contributed by atoms with Crippen LogP contribution >= 0.6 is 0 Å². The Labute approximate surface area is 695 Å². The largest absolute Gasteiger partial charge is 0.508 e. The fraction of sp³-hybridized carbons (Fsp3) is 0.482. The van der Waals surface area contributed by atoms with Crippen molar-refractivity contribution in [3.8, 4) is 5.75 Å². The number of phenolic OH excluding ortho intramolecular Hbond substituents is 1. The molecule has 0 aliphatic carbocycles. The number of aromatic amines is 2. The Morgan fingerprint density at radius 2 is 0.783 bits per heavy atom. The molecule has 27 N–H and O–H groups in total. The highest BCUT2D eigenvalue weighted by atomic mass is 16.3. The molecule has 0 unspecified atom stereocenters. The Hall–Kier alpha value is -12.3. The molecule has 0 aliphatic rings. The second-order valence-electron chi connectivity index (χ2n) is 30.0.